The van der Waals surface area contributed by atoms with Gasteiger partial charge in [0.25, 0.3) is 0 Å². The normalized spacial score (nSPS) is 30.4. The van der Waals surface area contributed by atoms with Gasteiger partial charge in [0, 0.05) is 5.41 Å². The Morgan fingerprint density at radius 3 is 1.35 bits per heavy atom. The highest BCUT2D eigenvalue weighted by atomic mass is 16.3. The van der Waals surface area contributed by atoms with Crippen LogP contribution in [0.4, 0.5) is 0 Å². The lowest BCUT2D eigenvalue weighted by Crippen LogP contribution is -2.73. The molecule has 0 aromatic heterocycles. The van der Waals surface area contributed by atoms with Crippen LogP contribution in [0.2, 0.25) is 0 Å². The van der Waals surface area contributed by atoms with Gasteiger partial charge in [-0.3, -0.25) is 0 Å². The standard InChI is InChI=1S/C22H44O/c1-17(2,3)16-14-13-15-21(23,18(4,5)6)22(16,19(7,8)9)20(10,11)12/h16,23H,13-15H2,1-12H3. The molecular weight excluding hydrogens is 280 g/mol. The summed E-state index contributed by atoms with van der Waals surface area (Å²) in [6.45, 7) is 28.0. The summed E-state index contributed by atoms with van der Waals surface area (Å²) in [5, 5.41) is 12.3. The van der Waals surface area contributed by atoms with E-state index >= 15 is 0 Å². The zero-order valence-electron chi connectivity index (χ0n) is 18.1. The van der Waals surface area contributed by atoms with Crippen molar-refractivity contribution in [1.82, 2.24) is 0 Å². The van der Waals surface area contributed by atoms with E-state index in [4.69, 9.17) is 0 Å². The predicted molar refractivity (Wildman–Crippen MR) is 103 cm³/mol. The van der Waals surface area contributed by atoms with Crippen LogP contribution in [0.15, 0.2) is 0 Å². The molecule has 0 aromatic rings. The SMILES string of the molecule is CC(C)(C)C1CCCC(O)(C(C)(C)C)C1(C(C)(C)C)C(C)(C)C. The van der Waals surface area contributed by atoms with Gasteiger partial charge in [0.1, 0.15) is 0 Å². The molecule has 1 aliphatic carbocycles. The maximum absolute atomic E-state index is 12.3. The first-order valence-corrected chi connectivity index (χ1v) is 9.56. The Labute approximate surface area is 146 Å². The van der Waals surface area contributed by atoms with E-state index in [-0.39, 0.29) is 27.1 Å². The van der Waals surface area contributed by atoms with Gasteiger partial charge in [-0.2, -0.15) is 0 Å². The van der Waals surface area contributed by atoms with Gasteiger partial charge >= 0.3 is 0 Å². The van der Waals surface area contributed by atoms with E-state index < -0.39 is 5.60 Å². The van der Waals surface area contributed by atoms with Crippen LogP contribution in [-0.4, -0.2) is 10.7 Å². The summed E-state index contributed by atoms with van der Waals surface area (Å²) < 4.78 is 0. The smallest absolute Gasteiger partial charge is 0.0764 e. The molecule has 0 aromatic carbocycles. The lowest BCUT2D eigenvalue weighted by Gasteiger charge is -2.72. The Morgan fingerprint density at radius 2 is 1.09 bits per heavy atom. The van der Waals surface area contributed by atoms with E-state index in [1.165, 1.54) is 6.42 Å². The summed E-state index contributed by atoms with van der Waals surface area (Å²) in [7, 11) is 0. The molecule has 138 valence electrons. The maximum Gasteiger partial charge on any atom is 0.0764 e. The highest BCUT2D eigenvalue weighted by Crippen LogP contribution is 2.72. The van der Waals surface area contributed by atoms with E-state index in [2.05, 4.69) is 83.1 Å². The second kappa shape index (κ2) is 5.48. The molecule has 2 atom stereocenters. The van der Waals surface area contributed by atoms with Gasteiger partial charge in [0.15, 0.2) is 0 Å². The molecule has 0 radical (unpaired) electrons. The molecule has 1 nitrogen and oxygen atoms in total. The molecule has 23 heavy (non-hydrogen) atoms. The Kier molecular flexibility index (Phi) is 5.00. The number of hydrogen-bond donors (Lipinski definition) is 1. The fourth-order valence-corrected chi connectivity index (χ4v) is 6.72. The van der Waals surface area contributed by atoms with Gasteiger partial charge in [-0.15, -0.1) is 0 Å². The van der Waals surface area contributed by atoms with Gasteiger partial charge < -0.3 is 5.11 Å². The third kappa shape index (κ3) is 2.90. The van der Waals surface area contributed by atoms with Gasteiger partial charge in [0.05, 0.1) is 5.60 Å². The van der Waals surface area contributed by atoms with Crippen molar-refractivity contribution in [2.45, 2.75) is 108 Å². The Morgan fingerprint density at radius 1 is 0.696 bits per heavy atom. The molecule has 1 heteroatoms. The van der Waals surface area contributed by atoms with E-state index in [0.717, 1.165) is 12.8 Å². The van der Waals surface area contributed by atoms with Crippen molar-refractivity contribution in [3.63, 3.8) is 0 Å². The molecule has 0 saturated heterocycles. The summed E-state index contributed by atoms with van der Waals surface area (Å²) >= 11 is 0. The van der Waals surface area contributed by atoms with Gasteiger partial charge in [-0.25, -0.2) is 0 Å². The van der Waals surface area contributed by atoms with Gasteiger partial charge in [-0.05, 0) is 40.4 Å². The summed E-state index contributed by atoms with van der Waals surface area (Å²) in [4.78, 5) is 0. The fraction of sp³-hybridized carbons (Fsp3) is 1.00. The van der Waals surface area contributed by atoms with E-state index in [1.54, 1.807) is 0 Å². The average Bonchev–Trinajstić information content (AvgIpc) is 2.21. The minimum absolute atomic E-state index is 0.0195. The van der Waals surface area contributed by atoms with E-state index in [9.17, 15) is 5.11 Å². The van der Waals surface area contributed by atoms with Crippen molar-refractivity contribution in [2.24, 2.45) is 33.0 Å². The minimum Gasteiger partial charge on any atom is -0.389 e. The average molecular weight is 325 g/mol. The molecule has 0 aliphatic heterocycles. The van der Waals surface area contributed by atoms with Crippen molar-refractivity contribution in [1.29, 1.82) is 0 Å². The molecule has 0 heterocycles. The summed E-state index contributed by atoms with van der Waals surface area (Å²) in [6.07, 6.45) is 3.26. The second-order valence-electron chi connectivity index (χ2n) is 12.2. The number of aliphatic hydroxyl groups is 1. The highest BCUT2D eigenvalue weighted by Gasteiger charge is 2.71. The summed E-state index contributed by atoms with van der Waals surface area (Å²) in [5.74, 6) is 0.493. The largest absolute Gasteiger partial charge is 0.389 e. The van der Waals surface area contributed by atoms with Gasteiger partial charge in [-0.1, -0.05) is 89.5 Å². The van der Waals surface area contributed by atoms with Crippen LogP contribution in [0.1, 0.15) is 102 Å². The Balaban J connectivity index is 3.93. The molecule has 0 spiro atoms. The van der Waals surface area contributed by atoms with Crippen molar-refractivity contribution in [2.75, 3.05) is 0 Å². The zero-order valence-corrected chi connectivity index (χ0v) is 18.1. The van der Waals surface area contributed by atoms with Crippen molar-refractivity contribution >= 4 is 0 Å². The molecule has 1 aliphatic rings. The van der Waals surface area contributed by atoms with Crippen LogP contribution < -0.4 is 0 Å². The molecule has 0 bridgehead atoms. The quantitative estimate of drug-likeness (QED) is 0.526. The van der Waals surface area contributed by atoms with Crippen LogP contribution in [0.25, 0.3) is 0 Å². The van der Waals surface area contributed by atoms with Crippen LogP contribution in [-0.2, 0) is 0 Å². The number of rotatable bonds is 0. The predicted octanol–water partition coefficient (Wildman–Crippen LogP) is 6.69. The van der Waals surface area contributed by atoms with Crippen LogP contribution in [0, 0.1) is 33.0 Å². The third-order valence-corrected chi connectivity index (χ3v) is 6.86. The van der Waals surface area contributed by atoms with Gasteiger partial charge in [0.2, 0.25) is 0 Å². The molecule has 0 amide bonds. The molecule has 1 rings (SSSR count). The molecule has 1 saturated carbocycles. The fourth-order valence-electron chi connectivity index (χ4n) is 6.72. The van der Waals surface area contributed by atoms with E-state index in [0.29, 0.717) is 5.92 Å². The summed E-state index contributed by atoms with van der Waals surface area (Å²) in [6, 6.07) is 0. The lowest BCUT2D eigenvalue weighted by atomic mass is 9.34. The van der Waals surface area contributed by atoms with Crippen molar-refractivity contribution in [3.8, 4) is 0 Å². The zero-order chi connectivity index (χ0) is 18.7. The first-order chi connectivity index (χ1) is 9.84. The monoisotopic (exact) mass is 324 g/mol. The van der Waals surface area contributed by atoms with Crippen molar-refractivity contribution in [3.05, 3.63) is 0 Å². The maximum atomic E-state index is 12.3. The Hall–Kier alpha value is -0.0400. The topological polar surface area (TPSA) is 20.2 Å². The highest BCUT2D eigenvalue weighted by molar-refractivity contribution is 5.20. The number of hydrogen-bond acceptors (Lipinski definition) is 1. The van der Waals surface area contributed by atoms with Crippen LogP contribution >= 0.6 is 0 Å². The first kappa shape index (κ1) is 21.0. The molecule has 1 N–H and O–H groups in total. The molecule has 2 unspecified atom stereocenters. The third-order valence-electron chi connectivity index (χ3n) is 6.86. The minimum atomic E-state index is -0.674. The van der Waals surface area contributed by atoms with Crippen molar-refractivity contribution < 1.29 is 5.11 Å². The van der Waals surface area contributed by atoms with Crippen LogP contribution in [0.3, 0.4) is 0 Å². The molecule has 1 fully saturated rings. The van der Waals surface area contributed by atoms with Crippen LogP contribution in [0.5, 0.6) is 0 Å². The first-order valence-electron chi connectivity index (χ1n) is 9.56. The lowest BCUT2D eigenvalue weighted by molar-refractivity contribution is -0.301. The second-order valence-corrected chi connectivity index (χ2v) is 12.2. The van der Waals surface area contributed by atoms with E-state index in [1.807, 2.05) is 0 Å². The summed E-state index contributed by atoms with van der Waals surface area (Å²) in [5.41, 5.74) is -0.747. The Bertz CT molecular complexity index is 405. The molecular formula is C22H44O.